The maximum atomic E-state index is 13.3. The highest BCUT2D eigenvalue weighted by atomic mass is 32.1. The molecule has 1 saturated heterocycles. The van der Waals surface area contributed by atoms with Gasteiger partial charge in [0.05, 0.1) is 18.6 Å². The molecule has 2 aromatic rings. The van der Waals surface area contributed by atoms with Gasteiger partial charge in [-0.05, 0) is 38.3 Å². The summed E-state index contributed by atoms with van der Waals surface area (Å²) in [6.07, 6.45) is 1.86. The lowest BCUT2D eigenvalue weighted by atomic mass is 9.77. The molecule has 0 aliphatic carbocycles. The van der Waals surface area contributed by atoms with Crippen LogP contribution in [0.4, 0.5) is 0 Å². The molecule has 0 N–H and O–H groups in total. The number of piperidine rings is 1. The molecular formula is C23H27NO6S. The lowest BCUT2D eigenvalue weighted by Crippen LogP contribution is -2.51. The first kappa shape index (κ1) is 21.5. The van der Waals surface area contributed by atoms with E-state index in [1.54, 1.807) is 17.2 Å². The Balaban J connectivity index is 1.49. The first-order valence-electron chi connectivity index (χ1n) is 10.6. The van der Waals surface area contributed by atoms with Crippen molar-refractivity contribution in [1.82, 2.24) is 4.90 Å². The Morgan fingerprint density at radius 2 is 2.00 bits per heavy atom. The van der Waals surface area contributed by atoms with Crippen molar-refractivity contribution >= 4 is 23.2 Å². The van der Waals surface area contributed by atoms with Crippen LogP contribution in [0, 0.1) is 5.41 Å². The highest BCUT2D eigenvalue weighted by molar-refractivity contribution is 7.12. The van der Waals surface area contributed by atoms with Crippen molar-refractivity contribution in [2.75, 3.05) is 39.5 Å². The maximum absolute atomic E-state index is 13.3. The van der Waals surface area contributed by atoms with Crippen LogP contribution in [0.2, 0.25) is 0 Å². The zero-order chi connectivity index (χ0) is 21.7. The van der Waals surface area contributed by atoms with Gasteiger partial charge in [0, 0.05) is 18.5 Å². The second kappa shape index (κ2) is 9.60. The minimum atomic E-state index is -0.784. The van der Waals surface area contributed by atoms with Gasteiger partial charge in [0.1, 0.15) is 23.8 Å². The first-order valence-corrected chi connectivity index (χ1v) is 11.5. The van der Waals surface area contributed by atoms with Gasteiger partial charge in [-0.15, -0.1) is 11.3 Å². The number of hydrogen-bond donors (Lipinski definition) is 0. The Morgan fingerprint density at radius 1 is 1.19 bits per heavy atom. The third kappa shape index (κ3) is 4.63. The molecule has 0 saturated carbocycles. The monoisotopic (exact) mass is 445 g/mol. The molecule has 3 heterocycles. The number of amides is 1. The van der Waals surface area contributed by atoms with Crippen molar-refractivity contribution in [3.63, 3.8) is 0 Å². The number of fused-ring (bicyclic) bond motifs is 1. The molecule has 8 heteroatoms. The molecule has 1 aromatic heterocycles. The molecular weight excluding hydrogens is 418 g/mol. The van der Waals surface area contributed by atoms with E-state index in [2.05, 4.69) is 0 Å². The summed E-state index contributed by atoms with van der Waals surface area (Å²) in [6, 6.07) is 9.51. The normalized spacial score (nSPS) is 20.2. The fourth-order valence-electron chi connectivity index (χ4n) is 4.10. The molecule has 4 rings (SSSR count). The lowest BCUT2D eigenvalue weighted by Gasteiger charge is -2.40. The smallest absolute Gasteiger partial charge is 0.314 e. The van der Waals surface area contributed by atoms with E-state index in [4.69, 9.17) is 18.9 Å². The molecule has 1 amide bonds. The number of esters is 1. The van der Waals surface area contributed by atoms with Crippen molar-refractivity contribution in [2.24, 2.45) is 5.41 Å². The van der Waals surface area contributed by atoms with Gasteiger partial charge < -0.3 is 23.8 Å². The average Bonchev–Trinajstić information content (AvgIpc) is 3.24. The Kier molecular flexibility index (Phi) is 6.65. The molecule has 31 heavy (non-hydrogen) atoms. The number of carbonyl (C=O) groups is 2. The lowest BCUT2D eigenvalue weighted by molar-refractivity contribution is -0.159. The summed E-state index contributed by atoms with van der Waals surface area (Å²) in [5.74, 6) is 1.49. The van der Waals surface area contributed by atoms with Crippen molar-refractivity contribution in [3.8, 4) is 17.2 Å². The summed E-state index contributed by atoms with van der Waals surface area (Å²) in [4.78, 5) is 28.6. The Hall–Kier alpha value is -2.74. The Bertz CT molecular complexity index is 914. The quantitative estimate of drug-likeness (QED) is 0.604. The number of hydrogen-bond acceptors (Lipinski definition) is 7. The van der Waals surface area contributed by atoms with Gasteiger partial charge in [-0.3, -0.25) is 9.59 Å². The average molecular weight is 446 g/mol. The van der Waals surface area contributed by atoms with E-state index in [0.29, 0.717) is 68.7 Å². The molecule has 0 radical (unpaired) electrons. The first-order chi connectivity index (χ1) is 15.1. The standard InChI is InChI=1S/C23H27NO6S/c1-2-27-22(26)23(10-12-28-17-7-4-3-5-8-17)9-6-11-24(16-23)21(25)20-19-18(15-31-20)29-13-14-30-19/h3-5,7-8,15H,2,6,9-14,16H2,1H3/t23-/m1/s1. The summed E-state index contributed by atoms with van der Waals surface area (Å²) in [5.41, 5.74) is -0.784. The van der Waals surface area contributed by atoms with Crippen molar-refractivity contribution < 1.29 is 28.5 Å². The van der Waals surface area contributed by atoms with Crippen LogP contribution in [-0.2, 0) is 9.53 Å². The van der Waals surface area contributed by atoms with E-state index >= 15 is 0 Å². The highest BCUT2D eigenvalue weighted by Crippen LogP contribution is 2.42. The number of thiophene rings is 1. The highest BCUT2D eigenvalue weighted by Gasteiger charge is 2.45. The third-order valence-corrected chi connectivity index (χ3v) is 6.59. The van der Waals surface area contributed by atoms with Crippen LogP contribution >= 0.6 is 11.3 Å². The van der Waals surface area contributed by atoms with E-state index in [-0.39, 0.29) is 11.9 Å². The third-order valence-electron chi connectivity index (χ3n) is 5.66. The predicted octanol–water partition coefficient (Wildman–Crippen LogP) is 3.77. The Morgan fingerprint density at radius 3 is 2.81 bits per heavy atom. The molecule has 7 nitrogen and oxygen atoms in total. The maximum Gasteiger partial charge on any atom is 0.314 e. The van der Waals surface area contributed by atoms with E-state index < -0.39 is 5.41 Å². The van der Waals surface area contributed by atoms with Crippen molar-refractivity contribution in [2.45, 2.75) is 26.2 Å². The van der Waals surface area contributed by atoms with Gasteiger partial charge in [0.2, 0.25) is 0 Å². The fraction of sp³-hybridized carbons (Fsp3) is 0.478. The van der Waals surface area contributed by atoms with Crippen molar-refractivity contribution in [3.05, 3.63) is 40.6 Å². The number of nitrogens with zero attached hydrogens (tertiary/aromatic N) is 1. The minimum Gasteiger partial charge on any atom is -0.494 e. The van der Waals surface area contributed by atoms with Crippen LogP contribution in [0.3, 0.4) is 0 Å². The fourth-order valence-corrected chi connectivity index (χ4v) is 4.99. The minimum absolute atomic E-state index is 0.130. The molecule has 0 bridgehead atoms. The van der Waals surface area contributed by atoms with Gasteiger partial charge in [-0.1, -0.05) is 18.2 Å². The van der Waals surface area contributed by atoms with Gasteiger partial charge in [0.15, 0.2) is 11.5 Å². The van der Waals surface area contributed by atoms with Crippen LogP contribution in [0.15, 0.2) is 35.7 Å². The summed E-state index contributed by atoms with van der Waals surface area (Å²) < 4.78 is 22.5. The second-order valence-electron chi connectivity index (χ2n) is 7.70. The number of likely N-dealkylation sites (tertiary alicyclic amines) is 1. The molecule has 1 aromatic carbocycles. The summed E-state index contributed by atoms with van der Waals surface area (Å²) in [7, 11) is 0. The summed E-state index contributed by atoms with van der Waals surface area (Å²) in [6.45, 7) is 4.27. The summed E-state index contributed by atoms with van der Waals surface area (Å²) in [5, 5.41) is 1.80. The predicted molar refractivity (Wildman–Crippen MR) is 116 cm³/mol. The van der Waals surface area contributed by atoms with E-state index in [9.17, 15) is 9.59 Å². The zero-order valence-electron chi connectivity index (χ0n) is 17.6. The molecule has 1 fully saturated rings. The molecule has 166 valence electrons. The van der Waals surface area contributed by atoms with Crippen LogP contribution in [0.1, 0.15) is 35.9 Å². The molecule has 0 spiro atoms. The topological polar surface area (TPSA) is 74.3 Å². The van der Waals surface area contributed by atoms with Crippen LogP contribution in [0.5, 0.6) is 17.2 Å². The number of benzene rings is 1. The number of para-hydroxylation sites is 1. The van der Waals surface area contributed by atoms with Crippen LogP contribution in [0.25, 0.3) is 0 Å². The summed E-state index contributed by atoms with van der Waals surface area (Å²) >= 11 is 1.32. The van der Waals surface area contributed by atoms with Crippen LogP contribution in [-0.4, -0.2) is 56.3 Å². The Labute approximate surface area is 185 Å². The largest absolute Gasteiger partial charge is 0.494 e. The van der Waals surface area contributed by atoms with E-state index in [1.807, 2.05) is 30.3 Å². The molecule has 2 aliphatic heterocycles. The molecule has 1 atom stereocenters. The molecule has 2 aliphatic rings. The number of ether oxygens (including phenoxy) is 4. The van der Waals surface area contributed by atoms with Crippen LogP contribution < -0.4 is 14.2 Å². The van der Waals surface area contributed by atoms with Gasteiger partial charge in [-0.25, -0.2) is 0 Å². The van der Waals surface area contributed by atoms with E-state index in [1.165, 1.54) is 11.3 Å². The molecule has 0 unspecified atom stereocenters. The van der Waals surface area contributed by atoms with Gasteiger partial charge in [-0.2, -0.15) is 0 Å². The zero-order valence-corrected chi connectivity index (χ0v) is 18.4. The number of carbonyl (C=O) groups excluding carboxylic acids is 2. The number of rotatable bonds is 7. The second-order valence-corrected chi connectivity index (χ2v) is 8.58. The van der Waals surface area contributed by atoms with Gasteiger partial charge >= 0.3 is 5.97 Å². The van der Waals surface area contributed by atoms with Crippen molar-refractivity contribution in [1.29, 1.82) is 0 Å². The van der Waals surface area contributed by atoms with Gasteiger partial charge in [0.25, 0.3) is 5.91 Å². The van der Waals surface area contributed by atoms with E-state index in [0.717, 1.165) is 12.2 Å². The SMILES string of the molecule is CCOC(=O)[C@@]1(CCOc2ccccc2)CCCN(C(=O)c2scc3c2OCCO3)C1.